The summed E-state index contributed by atoms with van der Waals surface area (Å²) in [5.74, 6) is 1.12. The third-order valence-corrected chi connectivity index (χ3v) is 6.85. The van der Waals surface area contributed by atoms with Crippen molar-refractivity contribution in [1.29, 1.82) is 0 Å². The molecule has 0 bridgehead atoms. The van der Waals surface area contributed by atoms with Gasteiger partial charge in [0, 0.05) is 26.2 Å². The van der Waals surface area contributed by atoms with Gasteiger partial charge >= 0.3 is 0 Å². The van der Waals surface area contributed by atoms with Gasteiger partial charge in [0.2, 0.25) is 10.0 Å². The van der Waals surface area contributed by atoms with Crippen LogP contribution in [0.4, 0.5) is 0 Å². The van der Waals surface area contributed by atoms with E-state index in [4.69, 9.17) is 4.74 Å². The molecule has 1 fully saturated rings. The van der Waals surface area contributed by atoms with Gasteiger partial charge in [-0.15, -0.1) is 0 Å². The van der Waals surface area contributed by atoms with Gasteiger partial charge in [-0.05, 0) is 30.9 Å². The number of nitrogens with zero attached hydrogens (tertiary/aromatic N) is 2. The molecular formula is C20H32N2O4S. The van der Waals surface area contributed by atoms with Crippen LogP contribution in [-0.2, 0) is 14.8 Å². The molecule has 1 aromatic carbocycles. The highest BCUT2D eigenvalue weighted by Gasteiger charge is 2.31. The smallest absolute Gasteiger partial charge is 0.263 e. The van der Waals surface area contributed by atoms with Crippen LogP contribution in [0, 0.1) is 0 Å². The molecule has 152 valence electrons. The highest BCUT2D eigenvalue weighted by molar-refractivity contribution is 7.89. The van der Waals surface area contributed by atoms with E-state index in [1.165, 1.54) is 4.31 Å². The summed E-state index contributed by atoms with van der Waals surface area (Å²) in [6, 6.07) is 7.76. The Bertz CT molecular complexity index is 725. The molecule has 0 saturated carbocycles. The van der Waals surface area contributed by atoms with E-state index >= 15 is 0 Å². The molecule has 1 aromatic rings. The molecule has 2 rings (SSSR count). The fraction of sp³-hybridized carbons (Fsp3) is 0.650. The summed E-state index contributed by atoms with van der Waals surface area (Å²) >= 11 is 0. The number of benzene rings is 1. The van der Waals surface area contributed by atoms with Gasteiger partial charge in [-0.25, -0.2) is 8.42 Å². The lowest BCUT2D eigenvalue weighted by Crippen LogP contribution is -2.53. The fourth-order valence-electron chi connectivity index (χ4n) is 3.21. The van der Waals surface area contributed by atoms with Gasteiger partial charge in [-0.2, -0.15) is 4.31 Å². The Kier molecular flexibility index (Phi) is 7.68. The number of hydrogen-bond acceptors (Lipinski definition) is 4. The molecule has 1 amide bonds. The number of unbranched alkanes of at least 4 members (excludes halogenated alkanes) is 1. The summed E-state index contributed by atoms with van der Waals surface area (Å²) in [6.07, 6.45) is 0.916. The van der Waals surface area contributed by atoms with Crippen LogP contribution in [0.1, 0.15) is 52.0 Å². The first-order valence-electron chi connectivity index (χ1n) is 9.78. The van der Waals surface area contributed by atoms with Crippen LogP contribution in [0.25, 0.3) is 0 Å². The zero-order chi connectivity index (χ0) is 20.0. The van der Waals surface area contributed by atoms with Crippen LogP contribution in [0.2, 0.25) is 0 Å². The van der Waals surface area contributed by atoms with Crippen LogP contribution < -0.4 is 4.74 Å². The van der Waals surface area contributed by atoms with Crippen molar-refractivity contribution >= 4 is 15.9 Å². The van der Waals surface area contributed by atoms with Crippen molar-refractivity contribution in [2.75, 3.05) is 31.9 Å². The lowest BCUT2D eigenvalue weighted by molar-refractivity contribution is -0.139. The minimum Gasteiger partial charge on any atom is -0.481 e. The number of rotatable bonds is 8. The second kappa shape index (κ2) is 9.55. The Labute approximate surface area is 163 Å². The summed E-state index contributed by atoms with van der Waals surface area (Å²) in [7, 11) is -3.21. The van der Waals surface area contributed by atoms with E-state index in [1.807, 2.05) is 31.2 Å². The Hall–Kier alpha value is -1.60. The number of carbonyl (C=O) groups is 1. The Morgan fingerprint density at radius 3 is 2.33 bits per heavy atom. The number of piperazine rings is 1. The van der Waals surface area contributed by atoms with E-state index in [2.05, 4.69) is 13.8 Å². The number of amides is 1. The highest BCUT2D eigenvalue weighted by atomic mass is 32.2. The van der Waals surface area contributed by atoms with E-state index in [9.17, 15) is 13.2 Å². The van der Waals surface area contributed by atoms with Crippen molar-refractivity contribution in [3.05, 3.63) is 29.8 Å². The maximum Gasteiger partial charge on any atom is 0.263 e. The molecule has 7 heteroatoms. The predicted molar refractivity (Wildman–Crippen MR) is 107 cm³/mol. The first-order chi connectivity index (χ1) is 12.8. The zero-order valence-corrected chi connectivity index (χ0v) is 17.7. The Balaban J connectivity index is 1.94. The first kappa shape index (κ1) is 21.7. The molecule has 1 heterocycles. The van der Waals surface area contributed by atoms with Gasteiger partial charge in [0.05, 0.1) is 5.75 Å². The molecule has 6 nitrogen and oxygen atoms in total. The van der Waals surface area contributed by atoms with E-state index in [0.29, 0.717) is 38.5 Å². The lowest BCUT2D eigenvalue weighted by atomic mass is 10.0. The van der Waals surface area contributed by atoms with Gasteiger partial charge in [0.25, 0.3) is 5.91 Å². The van der Waals surface area contributed by atoms with Gasteiger partial charge in [-0.1, -0.05) is 45.4 Å². The monoisotopic (exact) mass is 396 g/mol. The number of carbonyl (C=O) groups excluding carboxylic acids is 1. The standard InChI is InChI=1S/C20H32N2O4S/c1-5-6-15-27(24,25)22-13-11-21(12-14-22)20(23)17(4)26-19-10-8-7-9-18(19)16(2)3/h7-10,16-17H,5-6,11-15H2,1-4H3. The van der Waals surface area contributed by atoms with Gasteiger partial charge in [-0.3, -0.25) is 4.79 Å². The number of ether oxygens (including phenoxy) is 1. The van der Waals surface area contributed by atoms with Gasteiger partial charge in [0.1, 0.15) is 5.75 Å². The number of sulfonamides is 1. The summed E-state index contributed by atoms with van der Waals surface area (Å²) in [4.78, 5) is 14.4. The zero-order valence-electron chi connectivity index (χ0n) is 16.8. The first-order valence-corrected chi connectivity index (χ1v) is 11.4. The molecule has 27 heavy (non-hydrogen) atoms. The Morgan fingerprint density at radius 1 is 1.11 bits per heavy atom. The fourth-order valence-corrected chi connectivity index (χ4v) is 4.84. The van der Waals surface area contributed by atoms with Crippen molar-refractivity contribution in [1.82, 2.24) is 9.21 Å². The highest BCUT2D eigenvalue weighted by Crippen LogP contribution is 2.27. The summed E-state index contributed by atoms with van der Waals surface area (Å²) in [5, 5.41) is 0. The van der Waals surface area contributed by atoms with Crippen molar-refractivity contribution in [3.63, 3.8) is 0 Å². The molecule has 1 unspecified atom stereocenters. The largest absolute Gasteiger partial charge is 0.481 e. The van der Waals surface area contributed by atoms with Gasteiger partial charge in [0.15, 0.2) is 6.10 Å². The molecule has 0 aliphatic carbocycles. The average Bonchev–Trinajstić information content (AvgIpc) is 2.66. The van der Waals surface area contributed by atoms with Crippen molar-refractivity contribution < 1.29 is 17.9 Å². The minimum absolute atomic E-state index is 0.0980. The topological polar surface area (TPSA) is 66.9 Å². The van der Waals surface area contributed by atoms with Crippen LogP contribution in [0.3, 0.4) is 0 Å². The van der Waals surface area contributed by atoms with E-state index in [1.54, 1.807) is 11.8 Å². The molecule has 0 aromatic heterocycles. The maximum atomic E-state index is 12.7. The summed E-state index contributed by atoms with van der Waals surface area (Å²) in [5.41, 5.74) is 1.07. The maximum absolute atomic E-state index is 12.7. The normalized spacial score (nSPS) is 17.1. The minimum atomic E-state index is -3.21. The third kappa shape index (κ3) is 5.69. The molecule has 1 saturated heterocycles. The molecule has 1 atom stereocenters. The van der Waals surface area contributed by atoms with Crippen molar-refractivity contribution in [2.45, 2.75) is 52.6 Å². The van der Waals surface area contributed by atoms with Crippen LogP contribution in [0.15, 0.2) is 24.3 Å². The second-order valence-electron chi connectivity index (χ2n) is 7.35. The SMILES string of the molecule is CCCCS(=O)(=O)N1CCN(C(=O)C(C)Oc2ccccc2C(C)C)CC1. The van der Waals surface area contributed by atoms with Gasteiger partial charge < -0.3 is 9.64 Å². The molecule has 0 spiro atoms. The van der Waals surface area contributed by atoms with E-state index < -0.39 is 16.1 Å². The molecule has 0 radical (unpaired) electrons. The van der Waals surface area contributed by atoms with E-state index in [0.717, 1.165) is 17.7 Å². The average molecular weight is 397 g/mol. The van der Waals surface area contributed by atoms with E-state index in [-0.39, 0.29) is 11.7 Å². The van der Waals surface area contributed by atoms with Crippen molar-refractivity contribution in [2.24, 2.45) is 0 Å². The van der Waals surface area contributed by atoms with Crippen molar-refractivity contribution in [3.8, 4) is 5.75 Å². The quantitative estimate of drug-likeness (QED) is 0.678. The number of hydrogen-bond donors (Lipinski definition) is 0. The molecule has 1 aliphatic heterocycles. The molecular weight excluding hydrogens is 364 g/mol. The Morgan fingerprint density at radius 2 is 1.74 bits per heavy atom. The lowest BCUT2D eigenvalue weighted by Gasteiger charge is -2.35. The third-order valence-electron chi connectivity index (χ3n) is 4.89. The molecule has 1 aliphatic rings. The molecule has 0 N–H and O–H groups in total. The summed E-state index contributed by atoms with van der Waals surface area (Å²) in [6.45, 7) is 9.43. The van der Waals surface area contributed by atoms with Crippen LogP contribution in [0.5, 0.6) is 5.75 Å². The predicted octanol–water partition coefficient (Wildman–Crippen LogP) is 2.85. The summed E-state index contributed by atoms with van der Waals surface area (Å²) < 4.78 is 32.0. The second-order valence-corrected chi connectivity index (χ2v) is 9.43. The van der Waals surface area contributed by atoms with Crippen LogP contribution >= 0.6 is 0 Å². The number of para-hydroxylation sites is 1. The van der Waals surface area contributed by atoms with Crippen LogP contribution in [-0.4, -0.2) is 61.6 Å².